The highest BCUT2D eigenvalue weighted by Crippen LogP contribution is 2.24. The molecule has 0 aliphatic heterocycles. The fourth-order valence-corrected chi connectivity index (χ4v) is 1.73. The van der Waals surface area contributed by atoms with Crippen LogP contribution in [0.5, 0.6) is 0 Å². The zero-order valence-electron chi connectivity index (χ0n) is 10.6. The van der Waals surface area contributed by atoms with E-state index in [1.807, 2.05) is 39.0 Å². The molecular formula is C13H18BrNO2. The maximum atomic E-state index is 11.8. The van der Waals surface area contributed by atoms with Crippen molar-refractivity contribution >= 4 is 27.5 Å². The third-order valence-electron chi connectivity index (χ3n) is 2.53. The van der Waals surface area contributed by atoms with Gasteiger partial charge in [0, 0.05) is 11.6 Å². The van der Waals surface area contributed by atoms with Gasteiger partial charge in [0.15, 0.2) is 0 Å². The van der Waals surface area contributed by atoms with Crippen LogP contribution in [-0.4, -0.2) is 18.6 Å². The van der Waals surface area contributed by atoms with Crippen molar-refractivity contribution in [2.24, 2.45) is 0 Å². The molecule has 0 spiro atoms. The number of anilines is 1. The van der Waals surface area contributed by atoms with E-state index in [1.165, 1.54) is 0 Å². The molecule has 3 nitrogen and oxygen atoms in total. The number of nitrogens with one attached hydrogen (secondary N) is 1. The Kier molecular flexibility index (Phi) is 4.71. The van der Waals surface area contributed by atoms with E-state index in [0.29, 0.717) is 6.42 Å². The monoisotopic (exact) mass is 299 g/mol. The number of carbonyl (C=O) groups excluding carboxylic acids is 1. The fraction of sp³-hybridized carbons (Fsp3) is 0.462. The van der Waals surface area contributed by atoms with E-state index in [0.717, 1.165) is 15.7 Å². The first-order valence-electron chi connectivity index (χ1n) is 5.45. The summed E-state index contributed by atoms with van der Waals surface area (Å²) in [4.78, 5) is 11.8. The molecule has 0 aliphatic carbocycles. The Labute approximate surface area is 111 Å². The van der Waals surface area contributed by atoms with Gasteiger partial charge >= 0.3 is 0 Å². The van der Waals surface area contributed by atoms with E-state index < -0.39 is 5.60 Å². The maximum Gasteiger partial charge on any atom is 0.227 e. The van der Waals surface area contributed by atoms with Gasteiger partial charge in [-0.1, -0.05) is 6.07 Å². The van der Waals surface area contributed by atoms with Crippen molar-refractivity contribution < 1.29 is 9.53 Å². The summed E-state index contributed by atoms with van der Waals surface area (Å²) < 4.78 is 6.11. The Morgan fingerprint density at radius 3 is 2.71 bits per heavy atom. The van der Waals surface area contributed by atoms with Gasteiger partial charge in [0.25, 0.3) is 0 Å². The van der Waals surface area contributed by atoms with E-state index in [1.54, 1.807) is 7.11 Å². The number of halogens is 1. The van der Waals surface area contributed by atoms with E-state index in [4.69, 9.17) is 4.74 Å². The first kappa shape index (κ1) is 14.2. The van der Waals surface area contributed by atoms with E-state index in [2.05, 4.69) is 21.2 Å². The van der Waals surface area contributed by atoms with Crippen LogP contribution in [0.15, 0.2) is 22.7 Å². The lowest BCUT2D eigenvalue weighted by Crippen LogP contribution is -2.29. The third kappa shape index (κ3) is 4.48. The number of ether oxygens (including phenoxy) is 1. The molecule has 0 unspecified atom stereocenters. The van der Waals surface area contributed by atoms with Crippen LogP contribution in [0.1, 0.15) is 25.8 Å². The molecule has 0 heterocycles. The molecule has 1 amide bonds. The van der Waals surface area contributed by atoms with Crippen molar-refractivity contribution in [3.63, 3.8) is 0 Å². The molecule has 0 fully saturated rings. The molecule has 1 aromatic carbocycles. The third-order valence-corrected chi connectivity index (χ3v) is 3.23. The van der Waals surface area contributed by atoms with Gasteiger partial charge in [-0.3, -0.25) is 4.79 Å². The Morgan fingerprint density at radius 2 is 2.12 bits per heavy atom. The first-order valence-corrected chi connectivity index (χ1v) is 6.24. The molecular weight excluding hydrogens is 282 g/mol. The number of methoxy groups -OCH3 is 1. The summed E-state index contributed by atoms with van der Waals surface area (Å²) in [5, 5.41) is 2.88. The van der Waals surface area contributed by atoms with Gasteiger partial charge in [-0.15, -0.1) is 0 Å². The molecule has 1 rings (SSSR count). The van der Waals surface area contributed by atoms with Gasteiger partial charge in [0.05, 0.1) is 17.7 Å². The molecule has 17 heavy (non-hydrogen) atoms. The van der Waals surface area contributed by atoms with Crippen molar-refractivity contribution in [3.05, 3.63) is 28.2 Å². The second-order valence-corrected chi connectivity index (χ2v) is 5.53. The Hall–Kier alpha value is -0.870. The van der Waals surface area contributed by atoms with Gasteiger partial charge < -0.3 is 10.1 Å². The molecule has 4 heteroatoms. The SMILES string of the molecule is COC(C)(C)CC(=O)Nc1cc(C)ccc1Br. The highest BCUT2D eigenvalue weighted by atomic mass is 79.9. The fourth-order valence-electron chi connectivity index (χ4n) is 1.39. The zero-order valence-corrected chi connectivity index (χ0v) is 12.2. The second kappa shape index (κ2) is 5.65. The minimum absolute atomic E-state index is 0.0526. The van der Waals surface area contributed by atoms with Crippen molar-refractivity contribution in [3.8, 4) is 0 Å². The lowest BCUT2D eigenvalue weighted by Gasteiger charge is -2.22. The van der Waals surface area contributed by atoms with Crippen molar-refractivity contribution in [2.45, 2.75) is 32.8 Å². The lowest BCUT2D eigenvalue weighted by atomic mass is 10.0. The molecule has 0 atom stereocenters. The lowest BCUT2D eigenvalue weighted by molar-refractivity contribution is -0.121. The average Bonchev–Trinajstić information content (AvgIpc) is 2.23. The minimum Gasteiger partial charge on any atom is -0.378 e. The molecule has 1 N–H and O–H groups in total. The predicted molar refractivity (Wildman–Crippen MR) is 73.2 cm³/mol. The van der Waals surface area contributed by atoms with E-state index >= 15 is 0 Å². The van der Waals surface area contributed by atoms with Gasteiger partial charge in [-0.2, -0.15) is 0 Å². The van der Waals surface area contributed by atoms with Crippen molar-refractivity contribution in [2.75, 3.05) is 12.4 Å². The normalized spacial score (nSPS) is 11.4. The number of hydrogen-bond acceptors (Lipinski definition) is 2. The van der Waals surface area contributed by atoms with Crippen LogP contribution in [-0.2, 0) is 9.53 Å². The summed E-state index contributed by atoms with van der Waals surface area (Å²) in [6.45, 7) is 5.76. The summed E-state index contributed by atoms with van der Waals surface area (Å²) in [5.41, 5.74) is 1.46. The van der Waals surface area contributed by atoms with Gasteiger partial charge in [0.1, 0.15) is 0 Å². The molecule has 0 bridgehead atoms. The molecule has 0 aromatic heterocycles. The molecule has 94 valence electrons. The molecule has 0 aliphatic rings. The number of hydrogen-bond donors (Lipinski definition) is 1. The highest BCUT2D eigenvalue weighted by molar-refractivity contribution is 9.10. The maximum absolute atomic E-state index is 11.8. The van der Waals surface area contributed by atoms with Crippen molar-refractivity contribution in [1.82, 2.24) is 0 Å². The summed E-state index contributed by atoms with van der Waals surface area (Å²) >= 11 is 3.41. The standard InChI is InChI=1S/C13H18BrNO2/c1-9-5-6-10(14)11(7-9)15-12(16)8-13(2,3)17-4/h5-7H,8H2,1-4H3,(H,15,16). The Bertz CT molecular complexity index is 416. The number of amides is 1. The quantitative estimate of drug-likeness (QED) is 0.924. The predicted octanol–water partition coefficient (Wildman–Crippen LogP) is 3.51. The Morgan fingerprint density at radius 1 is 1.47 bits per heavy atom. The zero-order chi connectivity index (χ0) is 13.1. The van der Waals surface area contributed by atoms with Gasteiger partial charge in [-0.05, 0) is 54.4 Å². The van der Waals surface area contributed by atoms with Crippen LogP contribution < -0.4 is 5.32 Å². The first-order chi connectivity index (χ1) is 7.84. The highest BCUT2D eigenvalue weighted by Gasteiger charge is 2.21. The van der Waals surface area contributed by atoms with Crippen LogP contribution >= 0.6 is 15.9 Å². The number of carbonyl (C=O) groups is 1. The Balaban J connectivity index is 2.71. The number of benzene rings is 1. The molecule has 1 aromatic rings. The average molecular weight is 300 g/mol. The summed E-state index contributed by atoms with van der Waals surface area (Å²) in [6, 6.07) is 5.84. The molecule has 0 saturated carbocycles. The molecule has 0 radical (unpaired) electrons. The van der Waals surface area contributed by atoms with Crippen LogP contribution in [0.2, 0.25) is 0 Å². The second-order valence-electron chi connectivity index (χ2n) is 4.67. The van der Waals surface area contributed by atoms with Crippen LogP contribution in [0.3, 0.4) is 0 Å². The van der Waals surface area contributed by atoms with Crippen molar-refractivity contribution in [1.29, 1.82) is 0 Å². The minimum atomic E-state index is -0.444. The van der Waals surface area contributed by atoms with Gasteiger partial charge in [-0.25, -0.2) is 0 Å². The van der Waals surface area contributed by atoms with E-state index in [9.17, 15) is 4.79 Å². The van der Waals surface area contributed by atoms with E-state index in [-0.39, 0.29) is 5.91 Å². The topological polar surface area (TPSA) is 38.3 Å². The summed E-state index contributed by atoms with van der Waals surface area (Å²) in [7, 11) is 1.61. The number of rotatable bonds is 4. The largest absolute Gasteiger partial charge is 0.378 e. The summed E-state index contributed by atoms with van der Waals surface area (Å²) in [6.07, 6.45) is 0.323. The van der Waals surface area contributed by atoms with Crippen LogP contribution in [0, 0.1) is 6.92 Å². The number of aryl methyl sites for hydroxylation is 1. The molecule has 0 saturated heterocycles. The van der Waals surface area contributed by atoms with Crippen LogP contribution in [0.25, 0.3) is 0 Å². The van der Waals surface area contributed by atoms with Crippen LogP contribution in [0.4, 0.5) is 5.69 Å². The summed E-state index contributed by atoms with van der Waals surface area (Å²) in [5.74, 6) is -0.0526. The van der Waals surface area contributed by atoms with Gasteiger partial charge in [0.2, 0.25) is 5.91 Å². The smallest absolute Gasteiger partial charge is 0.227 e.